The molecule has 2 unspecified atom stereocenters. The highest BCUT2D eigenvalue weighted by molar-refractivity contribution is 6.16. The first-order valence-corrected chi connectivity index (χ1v) is 7.38. The second-order valence-corrected chi connectivity index (χ2v) is 5.39. The second kappa shape index (κ2) is 5.54. The number of methoxy groups -OCH3 is 1. The molecule has 5 heteroatoms. The number of hydrogen-bond acceptors (Lipinski definition) is 3. The number of nitrogens with zero attached hydrogens (tertiary/aromatic N) is 2. The normalized spacial score (nSPS) is 22.5. The highest BCUT2D eigenvalue weighted by atomic mass is 35.5. The average Bonchev–Trinajstić information content (AvgIpc) is 2.95. The number of para-hydroxylation sites is 1. The fourth-order valence-electron chi connectivity index (χ4n) is 3.10. The summed E-state index contributed by atoms with van der Waals surface area (Å²) in [6.45, 7) is 0. The van der Waals surface area contributed by atoms with Gasteiger partial charge >= 0.3 is 0 Å². The molecule has 1 heterocycles. The largest absolute Gasteiger partial charge is 0.379 e. The van der Waals surface area contributed by atoms with Crippen molar-refractivity contribution < 1.29 is 4.74 Å². The molecule has 1 aliphatic carbocycles. The molecule has 0 N–H and O–H groups in total. The van der Waals surface area contributed by atoms with Gasteiger partial charge in [0.2, 0.25) is 0 Å². The van der Waals surface area contributed by atoms with Crippen molar-refractivity contribution in [3.05, 3.63) is 40.4 Å². The van der Waals surface area contributed by atoms with Crippen LogP contribution in [0.5, 0.6) is 0 Å². The molecule has 0 spiro atoms. The lowest BCUT2D eigenvalue weighted by Gasteiger charge is -2.23. The number of alkyl halides is 1. The first-order valence-electron chi connectivity index (χ1n) is 6.85. The van der Waals surface area contributed by atoms with Crippen LogP contribution in [0.2, 0.25) is 0 Å². The molecule has 0 bridgehead atoms. The summed E-state index contributed by atoms with van der Waals surface area (Å²) in [6, 6.07) is 7.44. The number of halogens is 1. The van der Waals surface area contributed by atoms with E-state index in [2.05, 4.69) is 4.98 Å². The van der Waals surface area contributed by atoms with E-state index in [-0.39, 0.29) is 23.6 Å². The Morgan fingerprint density at radius 2 is 2.20 bits per heavy atom. The third kappa shape index (κ3) is 2.13. The van der Waals surface area contributed by atoms with Gasteiger partial charge in [-0.25, -0.2) is 4.98 Å². The molecule has 2 aromatic rings. The number of ether oxygens (including phenoxy) is 1. The Bertz CT molecular complexity index is 683. The zero-order valence-electron chi connectivity index (χ0n) is 11.4. The van der Waals surface area contributed by atoms with E-state index in [1.807, 2.05) is 24.3 Å². The lowest BCUT2D eigenvalue weighted by atomic mass is 10.1. The fourth-order valence-corrected chi connectivity index (χ4v) is 3.29. The lowest BCUT2D eigenvalue weighted by Crippen LogP contribution is -2.33. The molecule has 1 fully saturated rings. The molecular weight excluding hydrogens is 276 g/mol. The molecule has 20 heavy (non-hydrogen) atoms. The van der Waals surface area contributed by atoms with Crippen LogP contribution < -0.4 is 5.56 Å². The van der Waals surface area contributed by atoms with E-state index in [1.54, 1.807) is 11.7 Å². The van der Waals surface area contributed by atoms with Gasteiger partial charge in [0.25, 0.3) is 5.56 Å². The first kappa shape index (κ1) is 13.6. The van der Waals surface area contributed by atoms with Crippen LogP contribution in [0.4, 0.5) is 0 Å². The number of fused-ring (bicyclic) bond motifs is 1. The maximum atomic E-state index is 12.8. The van der Waals surface area contributed by atoms with E-state index in [1.165, 1.54) is 0 Å². The van der Waals surface area contributed by atoms with E-state index in [4.69, 9.17) is 16.3 Å². The van der Waals surface area contributed by atoms with E-state index >= 15 is 0 Å². The highest BCUT2D eigenvalue weighted by Gasteiger charge is 2.31. The highest BCUT2D eigenvalue weighted by Crippen LogP contribution is 2.32. The van der Waals surface area contributed by atoms with E-state index in [9.17, 15) is 4.79 Å². The molecule has 1 saturated carbocycles. The quantitative estimate of drug-likeness (QED) is 0.817. The molecule has 1 aromatic carbocycles. The summed E-state index contributed by atoms with van der Waals surface area (Å²) in [5, 5.41) is 0.642. The second-order valence-electron chi connectivity index (χ2n) is 5.13. The molecular formula is C15H17ClN2O2. The van der Waals surface area contributed by atoms with Crippen molar-refractivity contribution in [2.75, 3.05) is 7.11 Å². The number of aromatic nitrogens is 2. The van der Waals surface area contributed by atoms with Gasteiger partial charge in [0, 0.05) is 7.11 Å². The summed E-state index contributed by atoms with van der Waals surface area (Å²) in [4.78, 5) is 17.3. The third-order valence-corrected chi connectivity index (χ3v) is 4.29. The molecule has 4 nitrogen and oxygen atoms in total. The van der Waals surface area contributed by atoms with Crippen molar-refractivity contribution in [1.82, 2.24) is 9.55 Å². The Hall–Kier alpha value is -1.39. The number of benzene rings is 1. The van der Waals surface area contributed by atoms with E-state index in [0.29, 0.717) is 16.7 Å². The van der Waals surface area contributed by atoms with Crippen molar-refractivity contribution in [2.24, 2.45) is 0 Å². The van der Waals surface area contributed by atoms with Crippen molar-refractivity contribution in [3.8, 4) is 0 Å². The maximum absolute atomic E-state index is 12.8. The molecule has 0 radical (unpaired) electrons. The van der Waals surface area contributed by atoms with Crippen LogP contribution in [0.3, 0.4) is 0 Å². The monoisotopic (exact) mass is 292 g/mol. The van der Waals surface area contributed by atoms with Gasteiger partial charge in [0.1, 0.15) is 5.82 Å². The summed E-state index contributed by atoms with van der Waals surface area (Å²) in [6.07, 6.45) is 3.03. The molecule has 2 atom stereocenters. The van der Waals surface area contributed by atoms with Gasteiger partial charge in [-0.1, -0.05) is 12.1 Å². The predicted molar refractivity (Wildman–Crippen MR) is 79.2 cm³/mol. The Morgan fingerprint density at radius 3 is 2.95 bits per heavy atom. The molecule has 0 saturated heterocycles. The number of hydrogen-bond donors (Lipinski definition) is 0. The fraction of sp³-hybridized carbons (Fsp3) is 0.467. The van der Waals surface area contributed by atoms with Gasteiger partial charge < -0.3 is 4.74 Å². The zero-order chi connectivity index (χ0) is 14.1. The Labute approximate surface area is 122 Å². The van der Waals surface area contributed by atoms with Crippen LogP contribution in [-0.4, -0.2) is 22.8 Å². The first-order chi connectivity index (χ1) is 9.76. The number of rotatable bonds is 3. The van der Waals surface area contributed by atoms with Crippen molar-refractivity contribution >= 4 is 22.5 Å². The minimum absolute atomic E-state index is 0.0137. The molecule has 1 aliphatic rings. The van der Waals surface area contributed by atoms with Gasteiger partial charge in [-0.3, -0.25) is 9.36 Å². The van der Waals surface area contributed by atoms with Crippen molar-refractivity contribution in [3.63, 3.8) is 0 Å². The Kier molecular flexibility index (Phi) is 3.76. The third-order valence-electron chi connectivity index (χ3n) is 4.05. The zero-order valence-corrected chi connectivity index (χ0v) is 12.1. The molecule has 106 valence electrons. The van der Waals surface area contributed by atoms with Gasteiger partial charge in [0.15, 0.2) is 0 Å². The summed E-state index contributed by atoms with van der Waals surface area (Å²) >= 11 is 6.01. The van der Waals surface area contributed by atoms with Gasteiger partial charge in [0.05, 0.1) is 28.9 Å². The standard InChI is InChI=1S/C15H17ClN2O2/c1-20-13-8-4-7-12(13)18-14(9-16)17-11-6-3-2-5-10(11)15(18)19/h2-3,5-6,12-13H,4,7-9H2,1H3. The summed E-state index contributed by atoms with van der Waals surface area (Å²) < 4.78 is 7.26. The molecule has 0 amide bonds. The van der Waals surface area contributed by atoms with Crippen LogP contribution >= 0.6 is 11.6 Å². The van der Waals surface area contributed by atoms with Crippen molar-refractivity contribution in [2.45, 2.75) is 37.3 Å². The summed E-state index contributed by atoms with van der Waals surface area (Å²) in [5.41, 5.74) is 0.691. The molecule has 3 rings (SSSR count). The van der Waals surface area contributed by atoms with Crippen LogP contribution in [0.15, 0.2) is 29.1 Å². The SMILES string of the molecule is COC1CCCC1n1c(CCl)nc2ccccc2c1=O. The predicted octanol–water partition coefficient (Wildman–Crippen LogP) is 2.88. The van der Waals surface area contributed by atoms with E-state index in [0.717, 1.165) is 19.3 Å². The van der Waals surface area contributed by atoms with Crippen LogP contribution in [0, 0.1) is 0 Å². The van der Waals surface area contributed by atoms with Gasteiger partial charge in [-0.2, -0.15) is 0 Å². The van der Waals surface area contributed by atoms with E-state index < -0.39 is 0 Å². The molecule has 0 aliphatic heterocycles. The smallest absolute Gasteiger partial charge is 0.261 e. The Balaban J connectivity index is 2.23. The Morgan fingerprint density at radius 1 is 1.40 bits per heavy atom. The summed E-state index contributed by atoms with van der Waals surface area (Å²) in [5.74, 6) is 0.858. The van der Waals surface area contributed by atoms with Crippen LogP contribution in [0.1, 0.15) is 31.1 Å². The average molecular weight is 293 g/mol. The topological polar surface area (TPSA) is 44.1 Å². The van der Waals surface area contributed by atoms with Crippen LogP contribution in [-0.2, 0) is 10.6 Å². The maximum Gasteiger partial charge on any atom is 0.261 e. The van der Waals surface area contributed by atoms with Crippen LogP contribution in [0.25, 0.3) is 10.9 Å². The van der Waals surface area contributed by atoms with Crippen molar-refractivity contribution in [1.29, 1.82) is 0 Å². The van der Waals surface area contributed by atoms with Gasteiger partial charge in [-0.15, -0.1) is 11.6 Å². The lowest BCUT2D eigenvalue weighted by molar-refractivity contribution is 0.0728. The summed E-state index contributed by atoms with van der Waals surface area (Å²) in [7, 11) is 1.70. The molecule has 1 aromatic heterocycles. The minimum Gasteiger partial charge on any atom is -0.379 e. The van der Waals surface area contributed by atoms with Gasteiger partial charge in [-0.05, 0) is 31.4 Å². The minimum atomic E-state index is -0.0137.